The molecular formula is C15H19NO5. The van der Waals surface area contributed by atoms with Crippen molar-refractivity contribution in [2.45, 2.75) is 26.2 Å². The van der Waals surface area contributed by atoms with E-state index >= 15 is 0 Å². The van der Waals surface area contributed by atoms with Gasteiger partial charge in [-0.05, 0) is 18.1 Å². The zero-order valence-electron chi connectivity index (χ0n) is 11.9. The third kappa shape index (κ3) is 4.66. The average Bonchev–Trinajstić information content (AvgIpc) is 2.61. The number of benzene rings is 1. The molecule has 0 bridgehead atoms. The van der Waals surface area contributed by atoms with Gasteiger partial charge in [-0.1, -0.05) is 6.92 Å². The number of hydrogen-bond donors (Lipinski definition) is 2. The highest BCUT2D eigenvalue weighted by atomic mass is 16.5. The predicted octanol–water partition coefficient (Wildman–Crippen LogP) is 2.29. The molecule has 0 fully saturated rings. The molecule has 1 heterocycles. The van der Waals surface area contributed by atoms with Crippen molar-refractivity contribution < 1.29 is 24.2 Å². The van der Waals surface area contributed by atoms with Crippen molar-refractivity contribution in [2.24, 2.45) is 5.92 Å². The highest BCUT2D eigenvalue weighted by Crippen LogP contribution is 2.32. The van der Waals surface area contributed by atoms with Crippen LogP contribution in [0.5, 0.6) is 11.5 Å². The zero-order chi connectivity index (χ0) is 15.2. The number of amides is 1. The van der Waals surface area contributed by atoms with Gasteiger partial charge in [0.1, 0.15) is 0 Å². The minimum absolute atomic E-state index is 0.0193. The normalized spacial score (nSPS) is 14.9. The second kappa shape index (κ2) is 6.97. The van der Waals surface area contributed by atoms with Crippen molar-refractivity contribution in [2.75, 3.05) is 18.5 Å². The molecule has 2 rings (SSSR count). The number of carboxylic acid groups (broad SMARTS) is 1. The number of rotatable bonds is 5. The van der Waals surface area contributed by atoms with Gasteiger partial charge in [0.15, 0.2) is 11.5 Å². The lowest BCUT2D eigenvalue weighted by molar-refractivity contribution is -0.138. The molecule has 1 aromatic rings. The first-order valence-electron chi connectivity index (χ1n) is 6.96. The van der Waals surface area contributed by atoms with Crippen LogP contribution in [-0.2, 0) is 9.59 Å². The molecule has 0 radical (unpaired) electrons. The van der Waals surface area contributed by atoms with Crippen LogP contribution in [0.2, 0.25) is 0 Å². The highest BCUT2D eigenvalue weighted by molar-refractivity contribution is 5.91. The number of carbonyl (C=O) groups is 2. The molecule has 1 aromatic carbocycles. The van der Waals surface area contributed by atoms with Crippen LogP contribution in [-0.4, -0.2) is 30.2 Å². The van der Waals surface area contributed by atoms with Gasteiger partial charge in [-0.25, -0.2) is 0 Å². The van der Waals surface area contributed by atoms with E-state index in [0.717, 1.165) is 6.42 Å². The molecule has 0 spiro atoms. The summed E-state index contributed by atoms with van der Waals surface area (Å²) in [5.74, 6) is -0.0272. The van der Waals surface area contributed by atoms with Gasteiger partial charge in [-0.3, -0.25) is 9.59 Å². The summed E-state index contributed by atoms with van der Waals surface area (Å²) >= 11 is 0. The van der Waals surface area contributed by atoms with Crippen LogP contribution in [0.1, 0.15) is 26.2 Å². The molecule has 6 heteroatoms. The summed E-state index contributed by atoms with van der Waals surface area (Å²) in [4.78, 5) is 22.4. The molecule has 0 aromatic heterocycles. The van der Waals surface area contributed by atoms with Gasteiger partial charge in [0.2, 0.25) is 5.91 Å². The largest absolute Gasteiger partial charge is 0.490 e. The Balaban J connectivity index is 1.95. The van der Waals surface area contributed by atoms with Crippen molar-refractivity contribution >= 4 is 17.6 Å². The minimum atomic E-state index is -0.897. The summed E-state index contributed by atoms with van der Waals surface area (Å²) in [6.45, 7) is 2.94. The van der Waals surface area contributed by atoms with E-state index in [2.05, 4.69) is 5.32 Å². The number of fused-ring (bicyclic) bond motifs is 1. The summed E-state index contributed by atoms with van der Waals surface area (Å²) in [5, 5.41) is 11.4. The second-order valence-electron chi connectivity index (χ2n) is 5.17. The molecule has 21 heavy (non-hydrogen) atoms. The van der Waals surface area contributed by atoms with E-state index < -0.39 is 5.97 Å². The molecule has 114 valence electrons. The third-order valence-corrected chi connectivity index (χ3v) is 3.09. The lowest BCUT2D eigenvalue weighted by Gasteiger charge is -2.12. The SMILES string of the molecule is CC(CC(=O)O)CC(=O)Nc1ccc2c(c1)OCCCO2. The molecule has 0 aliphatic carbocycles. The van der Waals surface area contributed by atoms with Gasteiger partial charge in [0.25, 0.3) is 0 Å². The summed E-state index contributed by atoms with van der Waals surface area (Å²) in [7, 11) is 0. The van der Waals surface area contributed by atoms with Crippen molar-refractivity contribution in [3.8, 4) is 11.5 Å². The third-order valence-electron chi connectivity index (χ3n) is 3.09. The van der Waals surface area contributed by atoms with Gasteiger partial charge in [0, 0.05) is 31.0 Å². The van der Waals surface area contributed by atoms with Crippen LogP contribution in [0.15, 0.2) is 18.2 Å². The monoisotopic (exact) mass is 293 g/mol. The Kier molecular flexibility index (Phi) is 5.03. The van der Waals surface area contributed by atoms with Crippen LogP contribution < -0.4 is 14.8 Å². The van der Waals surface area contributed by atoms with Crippen LogP contribution in [0.25, 0.3) is 0 Å². The standard InChI is InChI=1S/C15H19NO5/c1-10(8-15(18)19)7-14(17)16-11-3-4-12-13(9-11)21-6-2-5-20-12/h3-4,9-10H,2,5-8H2,1H3,(H,16,17)(H,18,19). The van der Waals surface area contributed by atoms with Gasteiger partial charge in [-0.2, -0.15) is 0 Å². The Hall–Kier alpha value is -2.24. The molecule has 1 unspecified atom stereocenters. The first-order valence-corrected chi connectivity index (χ1v) is 6.96. The van der Waals surface area contributed by atoms with E-state index in [1.165, 1.54) is 0 Å². The minimum Gasteiger partial charge on any atom is -0.490 e. The fraction of sp³-hybridized carbons (Fsp3) is 0.467. The highest BCUT2D eigenvalue weighted by Gasteiger charge is 2.15. The number of carboxylic acids is 1. The fourth-order valence-electron chi connectivity index (χ4n) is 2.14. The Bertz CT molecular complexity index is 529. The quantitative estimate of drug-likeness (QED) is 0.870. The summed E-state index contributed by atoms with van der Waals surface area (Å²) in [6.07, 6.45) is 0.971. The Morgan fingerprint density at radius 1 is 1.24 bits per heavy atom. The first-order chi connectivity index (χ1) is 10.0. The zero-order valence-corrected chi connectivity index (χ0v) is 11.9. The predicted molar refractivity (Wildman–Crippen MR) is 76.7 cm³/mol. The molecule has 1 aliphatic heterocycles. The van der Waals surface area contributed by atoms with Crippen LogP contribution in [0, 0.1) is 5.92 Å². The smallest absolute Gasteiger partial charge is 0.303 e. The topological polar surface area (TPSA) is 84.9 Å². The van der Waals surface area contributed by atoms with E-state index in [1.807, 2.05) is 0 Å². The molecule has 0 saturated carbocycles. The maximum Gasteiger partial charge on any atom is 0.303 e. The lowest BCUT2D eigenvalue weighted by atomic mass is 10.0. The number of carbonyl (C=O) groups excluding carboxylic acids is 1. The number of aliphatic carboxylic acids is 1. The van der Waals surface area contributed by atoms with Gasteiger partial charge in [-0.15, -0.1) is 0 Å². The Labute approximate surface area is 123 Å². The summed E-state index contributed by atoms with van der Waals surface area (Å²) in [5.41, 5.74) is 0.617. The molecule has 1 atom stereocenters. The number of nitrogens with one attached hydrogen (secondary N) is 1. The molecule has 0 saturated heterocycles. The van der Waals surface area contributed by atoms with Crippen LogP contribution in [0.3, 0.4) is 0 Å². The van der Waals surface area contributed by atoms with E-state index in [0.29, 0.717) is 30.4 Å². The Morgan fingerprint density at radius 3 is 2.67 bits per heavy atom. The number of ether oxygens (including phenoxy) is 2. The molecular weight excluding hydrogens is 274 g/mol. The molecule has 1 aliphatic rings. The second-order valence-corrected chi connectivity index (χ2v) is 5.17. The molecule has 1 amide bonds. The van der Waals surface area contributed by atoms with Gasteiger partial charge in [0.05, 0.1) is 13.2 Å². The first kappa shape index (κ1) is 15.2. The maximum atomic E-state index is 11.9. The van der Waals surface area contributed by atoms with Gasteiger partial charge >= 0.3 is 5.97 Å². The van der Waals surface area contributed by atoms with Crippen molar-refractivity contribution in [1.29, 1.82) is 0 Å². The lowest BCUT2D eigenvalue weighted by Crippen LogP contribution is -2.17. The van der Waals surface area contributed by atoms with Crippen molar-refractivity contribution in [3.63, 3.8) is 0 Å². The van der Waals surface area contributed by atoms with E-state index in [9.17, 15) is 9.59 Å². The molecule has 2 N–H and O–H groups in total. The average molecular weight is 293 g/mol. The van der Waals surface area contributed by atoms with E-state index in [4.69, 9.17) is 14.6 Å². The van der Waals surface area contributed by atoms with Crippen molar-refractivity contribution in [1.82, 2.24) is 0 Å². The number of hydrogen-bond acceptors (Lipinski definition) is 4. The van der Waals surface area contributed by atoms with Gasteiger partial charge < -0.3 is 19.9 Å². The van der Waals surface area contributed by atoms with Crippen LogP contribution in [0.4, 0.5) is 5.69 Å². The van der Waals surface area contributed by atoms with Crippen LogP contribution >= 0.6 is 0 Å². The van der Waals surface area contributed by atoms with E-state index in [-0.39, 0.29) is 24.7 Å². The van der Waals surface area contributed by atoms with Crippen molar-refractivity contribution in [3.05, 3.63) is 18.2 Å². The van der Waals surface area contributed by atoms with E-state index in [1.54, 1.807) is 25.1 Å². The maximum absolute atomic E-state index is 11.9. The molecule has 6 nitrogen and oxygen atoms in total. The number of anilines is 1. The fourth-order valence-corrected chi connectivity index (χ4v) is 2.14. The summed E-state index contributed by atoms with van der Waals surface area (Å²) < 4.78 is 11.1. The summed E-state index contributed by atoms with van der Waals surface area (Å²) in [6, 6.07) is 5.23. The Morgan fingerprint density at radius 2 is 1.95 bits per heavy atom.